The molecule has 12 bridgehead atoms. The first-order valence-electron chi connectivity index (χ1n) is 21.9. The van der Waals surface area contributed by atoms with Crippen molar-refractivity contribution in [1.29, 1.82) is 0 Å². The smallest absolute Gasteiger partial charge is 0.0553 e. The quantitative estimate of drug-likeness (QED) is 0.152. The summed E-state index contributed by atoms with van der Waals surface area (Å²) in [6.07, 6.45) is 0. The van der Waals surface area contributed by atoms with Crippen molar-refractivity contribution in [3.63, 3.8) is 0 Å². The molecular weight excluding hydrogens is 829 g/mol. The fraction of sp³-hybridized carbons (Fsp3) is 0.286. The fourth-order valence-corrected chi connectivity index (χ4v) is 13.5. The van der Waals surface area contributed by atoms with Crippen LogP contribution in [0.25, 0.3) is 103 Å². The van der Waals surface area contributed by atoms with Gasteiger partial charge in [-0.2, -0.15) is 0 Å². The number of rotatable bonds is 0. The van der Waals surface area contributed by atoms with Gasteiger partial charge in [0.05, 0.1) is 22.1 Å². The largest absolute Gasteiger partial charge is 0.353 e. The van der Waals surface area contributed by atoms with Crippen molar-refractivity contribution in [3.05, 3.63) is 119 Å². The molecule has 0 aliphatic rings. The Morgan fingerprint density at radius 1 is 0.258 bits per heavy atom. The summed E-state index contributed by atoms with van der Waals surface area (Å²) < 4.78 is 10.4. The van der Waals surface area contributed by atoms with E-state index in [1.807, 2.05) is 45.3 Å². The number of aromatic nitrogens is 2. The topological polar surface area (TPSA) is 31.6 Å². The molecule has 0 saturated heterocycles. The van der Waals surface area contributed by atoms with Gasteiger partial charge in [-0.05, 0) is 141 Å². The Hall–Kier alpha value is -4.72. The maximum absolute atomic E-state index is 4.08. The molecule has 0 atom stereocenters. The van der Waals surface area contributed by atoms with E-state index in [0.29, 0.717) is 0 Å². The molecule has 0 spiro atoms. The molecule has 0 aliphatic carbocycles. The van der Waals surface area contributed by atoms with Crippen molar-refractivity contribution >= 4 is 148 Å². The highest BCUT2D eigenvalue weighted by molar-refractivity contribution is 7.32. The van der Waals surface area contributed by atoms with Crippen molar-refractivity contribution < 1.29 is 0 Å². The number of thiophene rings is 4. The van der Waals surface area contributed by atoms with Gasteiger partial charge in [0.2, 0.25) is 0 Å². The monoisotopic (exact) mass is 882 g/mol. The molecule has 0 saturated carbocycles. The predicted molar refractivity (Wildman–Crippen MR) is 283 cm³/mol. The summed E-state index contributed by atoms with van der Waals surface area (Å²) in [7, 11) is 0. The Morgan fingerprint density at radius 3 is 0.629 bits per heavy atom. The summed E-state index contributed by atoms with van der Waals surface area (Å²) in [4.78, 5) is 8.16. The summed E-state index contributed by atoms with van der Waals surface area (Å²) in [5, 5.41) is 10.3. The molecule has 2 nitrogen and oxygen atoms in total. The lowest BCUT2D eigenvalue weighted by atomic mass is 9.84. The van der Waals surface area contributed by atoms with E-state index in [0.717, 1.165) is 0 Å². The van der Waals surface area contributed by atoms with E-state index in [9.17, 15) is 0 Å². The van der Waals surface area contributed by atoms with Gasteiger partial charge in [0, 0.05) is 80.7 Å². The van der Waals surface area contributed by atoms with E-state index in [-0.39, 0.29) is 21.7 Å². The lowest BCUT2D eigenvalue weighted by Crippen LogP contribution is -2.11. The SMILES string of the molecule is CC(C)(C)c1cc2c3ccc(s3)c3ccc(s3)c3cc(C(C)(C)C)cc4c5cc(C(C)(C)C)cc(c6ccc(s6)c6ccc(s6)c6cc(C(C)(C)C)cc7c(c1)c2[nH]c67)c5[nH]c34. The Balaban J connectivity index is 1.37. The van der Waals surface area contributed by atoms with E-state index in [2.05, 4.69) is 190 Å². The van der Waals surface area contributed by atoms with Crippen LogP contribution in [0.5, 0.6) is 0 Å². The summed E-state index contributed by atoms with van der Waals surface area (Å²) in [6.45, 7) is 28.1. The molecule has 312 valence electrons. The van der Waals surface area contributed by atoms with Gasteiger partial charge in [-0.25, -0.2) is 0 Å². The van der Waals surface area contributed by atoms with Gasteiger partial charge in [-0.15, -0.1) is 45.3 Å². The van der Waals surface area contributed by atoms with Gasteiger partial charge in [-0.3, -0.25) is 0 Å². The first kappa shape index (κ1) is 40.1. The van der Waals surface area contributed by atoms with Crippen molar-refractivity contribution in [2.24, 2.45) is 0 Å². The van der Waals surface area contributed by atoms with Crippen molar-refractivity contribution in [2.45, 2.75) is 105 Å². The standard InChI is InChI=1S/C56H54N2S4/c1-53(2,3)29-21-33-34-22-30(54(4,5)6)26-38-42-14-19-47(60-42)48-20-16-44(62-48)40-28-32(56(10,11)12)24-36-35-23-31(55(7,8)9)27-39(51(35)58-52(36)40)43-15-18-46(61-43)45-17-13-41(59-45)37(25-29)49(33)57-50(34)38/h13-28,57-58H,1-12H3. The zero-order chi connectivity index (χ0) is 43.4. The van der Waals surface area contributed by atoms with Crippen LogP contribution in [0.15, 0.2) is 97.1 Å². The maximum Gasteiger partial charge on any atom is 0.0553 e. The number of fused-ring (bicyclic) bond motifs is 16. The Morgan fingerprint density at radius 2 is 0.435 bits per heavy atom. The molecule has 11 rings (SSSR count). The van der Waals surface area contributed by atoms with Crippen LogP contribution in [0.3, 0.4) is 0 Å². The molecule has 0 unspecified atom stereocenters. The van der Waals surface area contributed by atoms with E-state index >= 15 is 0 Å². The van der Waals surface area contributed by atoms with Gasteiger partial charge in [0.25, 0.3) is 0 Å². The van der Waals surface area contributed by atoms with E-state index in [1.165, 1.54) is 125 Å². The summed E-state index contributed by atoms with van der Waals surface area (Å²) in [6, 6.07) is 38.5. The lowest BCUT2D eigenvalue weighted by molar-refractivity contribution is 0.591. The average molecular weight is 883 g/mol. The minimum Gasteiger partial charge on any atom is -0.353 e. The number of hydrogen-bond donors (Lipinski definition) is 2. The third kappa shape index (κ3) is 6.42. The molecule has 0 aliphatic heterocycles. The van der Waals surface area contributed by atoms with Crippen LogP contribution in [-0.4, -0.2) is 9.97 Å². The van der Waals surface area contributed by atoms with Gasteiger partial charge >= 0.3 is 0 Å². The molecule has 7 aromatic heterocycles. The van der Waals surface area contributed by atoms with Crippen LogP contribution in [0.4, 0.5) is 0 Å². The first-order chi connectivity index (χ1) is 29.2. The Bertz CT molecular complexity index is 3290. The van der Waals surface area contributed by atoms with E-state index in [4.69, 9.17) is 0 Å². The molecule has 11 aromatic rings. The zero-order valence-corrected chi connectivity index (χ0v) is 41.1. The highest BCUT2D eigenvalue weighted by atomic mass is 32.1. The second-order valence-electron chi connectivity index (χ2n) is 21.7. The molecule has 0 fully saturated rings. The average Bonchev–Trinajstić information content (AvgIpc) is 4.05. The third-order valence-corrected chi connectivity index (χ3v) is 17.9. The molecule has 0 amide bonds. The van der Waals surface area contributed by atoms with Crippen LogP contribution in [0, 0.1) is 0 Å². The molecule has 4 aromatic carbocycles. The maximum atomic E-state index is 4.08. The van der Waals surface area contributed by atoms with Crippen LogP contribution in [-0.2, 0) is 21.7 Å². The minimum absolute atomic E-state index is 0.0181. The van der Waals surface area contributed by atoms with Crippen LogP contribution < -0.4 is 0 Å². The molecule has 6 heteroatoms. The van der Waals surface area contributed by atoms with Crippen molar-refractivity contribution in [3.8, 4) is 0 Å². The normalized spacial score (nSPS) is 13.5. The Labute approximate surface area is 379 Å². The highest BCUT2D eigenvalue weighted by Crippen LogP contribution is 2.45. The summed E-state index contributed by atoms with van der Waals surface area (Å²) >= 11 is 7.65. The molecule has 2 N–H and O–H groups in total. The first-order valence-corrected chi connectivity index (χ1v) is 25.2. The lowest BCUT2D eigenvalue weighted by Gasteiger charge is -2.20. The summed E-state index contributed by atoms with van der Waals surface area (Å²) in [5.41, 5.74) is 10.2. The van der Waals surface area contributed by atoms with Gasteiger partial charge in [0.1, 0.15) is 0 Å². The van der Waals surface area contributed by atoms with Crippen LogP contribution in [0.2, 0.25) is 0 Å². The summed E-state index contributed by atoms with van der Waals surface area (Å²) in [5.74, 6) is 0. The number of aromatic amines is 2. The Kier molecular flexibility index (Phi) is 8.66. The van der Waals surface area contributed by atoms with Crippen LogP contribution in [0.1, 0.15) is 105 Å². The minimum atomic E-state index is -0.0181. The van der Waals surface area contributed by atoms with Gasteiger partial charge in [-0.1, -0.05) is 83.1 Å². The number of hydrogen-bond acceptors (Lipinski definition) is 4. The second-order valence-corrected chi connectivity index (χ2v) is 26.0. The predicted octanol–water partition coefficient (Wildman–Crippen LogP) is 19.0. The highest BCUT2D eigenvalue weighted by Gasteiger charge is 2.24. The molecule has 7 heterocycles. The van der Waals surface area contributed by atoms with Crippen LogP contribution >= 0.6 is 45.3 Å². The third-order valence-electron chi connectivity index (χ3n) is 13.1. The van der Waals surface area contributed by atoms with E-state index < -0.39 is 0 Å². The van der Waals surface area contributed by atoms with Gasteiger partial charge in [0.15, 0.2) is 0 Å². The van der Waals surface area contributed by atoms with E-state index in [1.54, 1.807) is 0 Å². The fourth-order valence-electron chi connectivity index (χ4n) is 9.18. The molecule has 0 radical (unpaired) electrons. The van der Waals surface area contributed by atoms with Crippen molar-refractivity contribution in [1.82, 2.24) is 9.97 Å². The van der Waals surface area contributed by atoms with Gasteiger partial charge < -0.3 is 9.97 Å². The molecule has 62 heavy (non-hydrogen) atoms. The number of H-pyrrole nitrogens is 2. The second kappa shape index (κ2) is 13.4. The number of benzene rings is 4. The number of nitrogens with one attached hydrogen (secondary N) is 2. The van der Waals surface area contributed by atoms with Crippen molar-refractivity contribution in [2.75, 3.05) is 0 Å². The zero-order valence-electron chi connectivity index (χ0n) is 37.9. The molecular formula is C56H54N2S4.